The Morgan fingerprint density at radius 1 is 1.20 bits per heavy atom. The highest BCUT2D eigenvalue weighted by Gasteiger charge is 2.08. The van der Waals surface area contributed by atoms with E-state index in [2.05, 4.69) is 20.8 Å². The topological polar surface area (TPSA) is 18.5 Å². The van der Waals surface area contributed by atoms with Gasteiger partial charge in [0.1, 0.15) is 10.5 Å². The van der Waals surface area contributed by atoms with Crippen molar-refractivity contribution in [1.29, 1.82) is 0 Å². The zero-order chi connectivity index (χ0) is 8.04. The van der Waals surface area contributed by atoms with Gasteiger partial charge in [0.2, 0.25) is 0 Å². The van der Waals surface area contributed by atoms with Gasteiger partial charge in [0, 0.05) is 0 Å². The van der Waals surface area contributed by atoms with E-state index in [0.717, 1.165) is 30.3 Å². The molecular formula is C7H18O2Si. The molecule has 0 spiro atoms. The molecule has 62 valence electrons. The molecule has 0 aromatic carbocycles. The van der Waals surface area contributed by atoms with Crippen molar-refractivity contribution < 1.29 is 9.16 Å². The Bertz CT molecular complexity index is 78.2. The van der Waals surface area contributed by atoms with E-state index in [4.69, 9.17) is 9.16 Å². The second kappa shape index (κ2) is 4.88. The van der Waals surface area contributed by atoms with Crippen LogP contribution < -0.4 is 0 Å². The van der Waals surface area contributed by atoms with Gasteiger partial charge in [-0.25, -0.2) is 0 Å². The Balaban J connectivity index is 3.04. The predicted molar refractivity (Wildman–Crippen MR) is 46.2 cm³/mol. The smallest absolute Gasteiger partial charge is 0.146 e. The maximum atomic E-state index is 5.34. The fraction of sp³-hybridized carbons (Fsp3) is 1.00. The van der Waals surface area contributed by atoms with Gasteiger partial charge in [0.15, 0.2) is 0 Å². The van der Waals surface area contributed by atoms with Crippen LogP contribution in [-0.4, -0.2) is 30.3 Å². The maximum absolute atomic E-state index is 5.34. The highest BCUT2D eigenvalue weighted by Crippen LogP contribution is 2.12. The monoisotopic (exact) mass is 162 g/mol. The molecule has 0 fully saturated rings. The van der Waals surface area contributed by atoms with Gasteiger partial charge in [0.05, 0.1) is 19.8 Å². The summed E-state index contributed by atoms with van der Waals surface area (Å²) in [5.74, 6) is 0. The molecule has 0 aliphatic heterocycles. The Hall–Kier alpha value is 0.137. The maximum Gasteiger partial charge on any atom is 0.146 e. The molecule has 0 amide bonds. The van der Waals surface area contributed by atoms with Gasteiger partial charge >= 0.3 is 0 Å². The summed E-state index contributed by atoms with van der Waals surface area (Å²) in [7, 11) is 0.815. The van der Waals surface area contributed by atoms with Crippen molar-refractivity contribution in [2.24, 2.45) is 5.41 Å². The third-order valence-electron chi connectivity index (χ3n) is 0.967. The SMILES string of the molecule is CC(C)(C)COCCO[SiH3]. The molecule has 0 saturated heterocycles. The minimum Gasteiger partial charge on any atom is -0.426 e. The van der Waals surface area contributed by atoms with Crippen LogP contribution in [0.25, 0.3) is 0 Å². The zero-order valence-corrected chi connectivity index (χ0v) is 9.44. The van der Waals surface area contributed by atoms with Crippen molar-refractivity contribution in [1.82, 2.24) is 0 Å². The van der Waals surface area contributed by atoms with Crippen LogP contribution >= 0.6 is 0 Å². The highest BCUT2D eigenvalue weighted by molar-refractivity contribution is 5.97. The molecule has 0 atom stereocenters. The molecule has 0 heterocycles. The zero-order valence-electron chi connectivity index (χ0n) is 7.44. The lowest BCUT2D eigenvalue weighted by atomic mass is 9.99. The molecule has 0 rings (SSSR count). The molecule has 0 bridgehead atoms. The molecule has 0 aliphatic rings. The Morgan fingerprint density at radius 2 is 1.80 bits per heavy atom. The minimum absolute atomic E-state index is 0.283. The van der Waals surface area contributed by atoms with Gasteiger partial charge in [-0.15, -0.1) is 0 Å². The molecule has 2 nitrogen and oxygen atoms in total. The number of hydrogen-bond acceptors (Lipinski definition) is 2. The quantitative estimate of drug-likeness (QED) is 0.438. The summed E-state index contributed by atoms with van der Waals surface area (Å²) in [5, 5.41) is 0. The fourth-order valence-electron chi connectivity index (χ4n) is 0.521. The van der Waals surface area contributed by atoms with Crippen molar-refractivity contribution in [3.63, 3.8) is 0 Å². The molecule has 0 N–H and O–H groups in total. The Morgan fingerprint density at radius 3 is 2.20 bits per heavy atom. The van der Waals surface area contributed by atoms with E-state index in [-0.39, 0.29) is 5.41 Å². The largest absolute Gasteiger partial charge is 0.426 e. The first-order chi connectivity index (χ1) is 4.56. The summed E-state index contributed by atoms with van der Waals surface area (Å²) in [4.78, 5) is 0. The first kappa shape index (κ1) is 10.1. The first-order valence-electron chi connectivity index (χ1n) is 3.63. The predicted octanol–water partition coefficient (Wildman–Crippen LogP) is 0.346. The summed E-state index contributed by atoms with van der Waals surface area (Å²) < 4.78 is 10.3. The average Bonchev–Trinajstić information content (AvgIpc) is 1.78. The second-order valence-corrected chi connectivity index (χ2v) is 4.18. The van der Waals surface area contributed by atoms with Crippen molar-refractivity contribution in [2.75, 3.05) is 19.8 Å². The Kier molecular flexibility index (Phi) is 4.94. The summed E-state index contributed by atoms with van der Waals surface area (Å²) in [6, 6.07) is 0. The molecule has 3 heteroatoms. The van der Waals surface area contributed by atoms with Gasteiger partial charge in [-0.1, -0.05) is 20.8 Å². The summed E-state index contributed by atoms with van der Waals surface area (Å²) in [5.41, 5.74) is 0.283. The molecule has 10 heavy (non-hydrogen) atoms. The lowest BCUT2D eigenvalue weighted by Crippen LogP contribution is -2.16. The van der Waals surface area contributed by atoms with Crippen LogP contribution in [0.3, 0.4) is 0 Å². The van der Waals surface area contributed by atoms with E-state index in [1.54, 1.807) is 0 Å². The molecule has 0 saturated carbocycles. The van der Waals surface area contributed by atoms with E-state index in [1.165, 1.54) is 0 Å². The second-order valence-electron chi connectivity index (χ2n) is 3.61. The lowest BCUT2D eigenvalue weighted by molar-refractivity contribution is 0.0531. The van der Waals surface area contributed by atoms with Gasteiger partial charge in [0.25, 0.3) is 0 Å². The van der Waals surface area contributed by atoms with Crippen molar-refractivity contribution in [3.8, 4) is 0 Å². The molecule has 0 aromatic rings. The van der Waals surface area contributed by atoms with Crippen LogP contribution in [0, 0.1) is 5.41 Å². The van der Waals surface area contributed by atoms with Gasteiger partial charge < -0.3 is 9.16 Å². The molecular weight excluding hydrogens is 144 g/mol. The Labute approximate surface area is 66.5 Å². The third-order valence-corrected chi connectivity index (χ3v) is 1.38. The van der Waals surface area contributed by atoms with Crippen LogP contribution in [0.2, 0.25) is 0 Å². The van der Waals surface area contributed by atoms with Crippen LogP contribution in [0.15, 0.2) is 0 Å². The third kappa shape index (κ3) is 8.14. The van der Waals surface area contributed by atoms with E-state index in [0.29, 0.717) is 0 Å². The lowest BCUT2D eigenvalue weighted by Gasteiger charge is -2.17. The normalized spacial score (nSPS) is 12.3. The summed E-state index contributed by atoms with van der Waals surface area (Å²) in [6.07, 6.45) is 0. The highest BCUT2D eigenvalue weighted by atomic mass is 28.2. The van der Waals surface area contributed by atoms with E-state index < -0.39 is 0 Å². The summed E-state index contributed by atoms with van der Waals surface area (Å²) >= 11 is 0. The standard InChI is InChI=1S/C7H18O2Si/c1-7(2,3)6-8-4-5-9-10/h4-6H2,1-3,10H3. The molecule has 0 unspecified atom stereocenters. The van der Waals surface area contributed by atoms with Gasteiger partial charge in [-0.3, -0.25) is 0 Å². The van der Waals surface area contributed by atoms with Crippen LogP contribution in [0.4, 0.5) is 0 Å². The molecule has 0 aromatic heterocycles. The number of ether oxygens (including phenoxy) is 1. The van der Waals surface area contributed by atoms with Crippen molar-refractivity contribution in [2.45, 2.75) is 20.8 Å². The van der Waals surface area contributed by atoms with E-state index >= 15 is 0 Å². The minimum atomic E-state index is 0.283. The van der Waals surface area contributed by atoms with Crippen LogP contribution in [-0.2, 0) is 9.16 Å². The van der Waals surface area contributed by atoms with Crippen molar-refractivity contribution >= 4 is 10.5 Å². The van der Waals surface area contributed by atoms with Gasteiger partial charge in [-0.2, -0.15) is 0 Å². The fourth-order valence-corrected chi connectivity index (χ4v) is 0.687. The van der Waals surface area contributed by atoms with Gasteiger partial charge in [-0.05, 0) is 5.41 Å². The first-order valence-corrected chi connectivity index (χ1v) is 4.44. The van der Waals surface area contributed by atoms with Crippen LogP contribution in [0.1, 0.15) is 20.8 Å². The molecule has 0 radical (unpaired) electrons. The van der Waals surface area contributed by atoms with Crippen molar-refractivity contribution in [3.05, 3.63) is 0 Å². The number of rotatable bonds is 4. The van der Waals surface area contributed by atoms with E-state index in [9.17, 15) is 0 Å². The van der Waals surface area contributed by atoms with E-state index in [1.807, 2.05) is 0 Å². The average molecular weight is 162 g/mol. The molecule has 0 aliphatic carbocycles. The van der Waals surface area contributed by atoms with Crippen LogP contribution in [0.5, 0.6) is 0 Å². The number of hydrogen-bond donors (Lipinski definition) is 0. The summed E-state index contributed by atoms with van der Waals surface area (Å²) in [6.45, 7) is 8.79.